The highest BCUT2D eigenvalue weighted by atomic mass is 32.2. The van der Waals surface area contributed by atoms with Crippen LogP contribution in [-0.4, -0.2) is 32.5 Å². The van der Waals surface area contributed by atoms with Gasteiger partial charge in [-0.25, -0.2) is 8.42 Å². The van der Waals surface area contributed by atoms with Crippen molar-refractivity contribution >= 4 is 15.7 Å². The quantitative estimate of drug-likeness (QED) is 0.817. The number of hydrogen-bond acceptors (Lipinski definition) is 4. The van der Waals surface area contributed by atoms with Crippen LogP contribution < -0.4 is 4.72 Å². The molecule has 0 spiro atoms. The molecule has 2 N–H and O–H groups in total. The molecule has 1 atom stereocenters. The van der Waals surface area contributed by atoms with E-state index in [4.69, 9.17) is 4.74 Å². The van der Waals surface area contributed by atoms with Crippen LogP contribution in [0.5, 0.6) is 5.75 Å². The summed E-state index contributed by atoms with van der Waals surface area (Å²) in [6.45, 7) is 1.49. The average Bonchev–Trinajstić information content (AvgIpc) is 2.29. The fourth-order valence-electron chi connectivity index (χ4n) is 1.38. The van der Waals surface area contributed by atoms with Crippen molar-refractivity contribution in [3.63, 3.8) is 0 Å². The Morgan fingerprint density at radius 1 is 1.40 bits per heavy atom. The molecule has 9 heteroatoms. The van der Waals surface area contributed by atoms with Crippen molar-refractivity contribution in [1.82, 2.24) is 0 Å². The van der Waals surface area contributed by atoms with Gasteiger partial charge in [-0.1, -0.05) is 0 Å². The molecule has 1 unspecified atom stereocenters. The number of phenols is 1. The molecule has 1 aromatic rings. The van der Waals surface area contributed by atoms with Crippen LogP contribution in [0.4, 0.5) is 18.9 Å². The van der Waals surface area contributed by atoms with E-state index in [1.165, 1.54) is 14.0 Å². The van der Waals surface area contributed by atoms with E-state index in [9.17, 15) is 26.7 Å². The first-order valence-electron chi connectivity index (χ1n) is 5.48. The topological polar surface area (TPSA) is 75.6 Å². The molecule has 0 heterocycles. The molecule has 0 radical (unpaired) electrons. The number of alkyl halides is 3. The van der Waals surface area contributed by atoms with E-state index in [1.807, 2.05) is 4.72 Å². The van der Waals surface area contributed by atoms with Gasteiger partial charge < -0.3 is 9.84 Å². The normalized spacial score (nSPS) is 14.1. The Bertz CT molecular complexity index is 572. The highest BCUT2D eigenvalue weighted by Crippen LogP contribution is 2.34. The molecule has 0 amide bonds. The smallest absolute Gasteiger partial charge is 0.416 e. The molecule has 1 aromatic carbocycles. The second kappa shape index (κ2) is 5.88. The maximum atomic E-state index is 12.5. The SMILES string of the molecule is COC(C)CS(=O)(=O)Nc1cc(C(F)(F)F)ccc1O. The zero-order valence-electron chi connectivity index (χ0n) is 10.7. The molecule has 114 valence electrons. The molecule has 0 aliphatic heterocycles. The number of aromatic hydroxyl groups is 1. The third-order valence-corrected chi connectivity index (χ3v) is 3.88. The second-order valence-corrected chi connectivity index (χ2v) is 5.93. The lowest BCUT2D eigenvalue weighted by atomic mass is 10.2. The minimum absolute atomic E-state index is 0.445. The Balaban J connectivity index is 3.03. The molecular formula is C11H14F3NO4S. The van der Waals surface area contributed by atoms with Gasteiger partial charge in [-0.3, -0.25) is 4.72 Å². The Morgan fingerprint density at radius 2 is 2.00 bits per heavy atom. The van der Waals surface area contributed by atoms with Gasteiger partial charge in [0, 0.05) is 7.11 Å². The molecular weight excluding hydrogens is 299 g/mol. The average molecular weight is 313 g/mol. The molecule has 0 aliphatic rings. The van der Waals surface area contributed by atoms with Gasteiger partial charge in [0.05, 0.1) is 23.1 Å². The molecule has 0 aromatic heterocycles. The Morgan fingerprint density at radius 3 is 2.50 bits per heavy atom. The number of methoxy groups -OCH3 is 1. The van der Waals surface area contributed by atoms with E-state index in [-0.39, 0.29) is 0 Å². The summed E-state index contributed by atoms with van der Waals surface area (Å²) in [6, 6.07) is 1.97. The lowest BCUT2D eigenvalue weighted by molar-refractivity contribution is -0.137. The fraction of sp³-hybridized carbons (Fsp3) is 0.455. The first-order valence-corrected chi connectivity index (χ1v) is 7.14. The van der Waals surface area contributed by atoms with Gasteiger partial charge in [0.25, 0.3) is 0 Å². The standard InChI is InChI=1S/C11H14F3NO4S/c1-7(19-2)6-20(17,18)15-9-5-8(11(12,13)14)3-4-10(9)16/h3-5,7,15-16H,6H2,1-2H3. The Hall–Kier alpha value is -1.48. The van der Waals surface area contributed by atoms with Gasteiger partial charge in [0.15, 0.2) is 0 Å². The molecule has 0 saturated heterocycles. The summed E-state index contributed by atoms with van der Waals surface area (Å²) in [6.07, 6.45) is -5.27. The van der Waals surface area contributed by atoms with E-state index in [0.29, 0.717) is 12.1 Å². The lowest BCUT2D eigenvalue weighted by Crippen LogP contribution is -2.25. The zero-order valence-corrected chi connectivity index (χ0v) is 11.5. The maximum Gasteiger partial charge on any atom is 0.416 e. The molecule has 0 bridgehead atoms. The van der Waals surface area contributed by atoms with Crippen molar-refractivity contribution in [2.75, 3.05) is 17.6 Å². The number of hydrogen-bond donors (Lipinski definition) is 2. The van der Waals surface area contributed by atoms with Gasteiger partial charge in [-0.15, -0.1) is 0 Å². The number of anilines is 1. The van der Waals surface area contributed by atoms with E-state index < -0.39 is 45.1 Å². The molecule has 5 nitrogen and oxygen atoms in total. The van der Waals surface area contributed by atoms with Crippen LogP contribution in [0.25, 0.3) is 0 Å². The molecule has 0 aliphatic carbocycles. The molecule has 1 rings (SSSR count). The van der Waals surface area contributed by atoms with E-state index >= 15 is 0 Å². The highest BCUT2D eigenvalue weighted by molar-refractivity contribution is 7.92. The molecule has 0 saturated carbocycles. The minimum atomic E-state index is -4.63. The van der Waals surface area contributed by atoms with Crippen LogP contribution in [0, 0.1) is 0 Å². The highest BCUT2D eigenvalue weighted by Gasteiger charge is 2.31. The van der Waals surface area contributed by atoms with Crippen molar-refractivity contribution in [3.05, 3.63) is 23.8 Å². The van der Waals surface area contributed by atoms with Crippen LogP contribution in [0.3, 0.4) is 0 Å². The second-order valence-electron chi connectivity index (χ2n) is 4.16. The zero-order chi connectivity index (χ0) is 15.6. The van der Waals surface area contributed by atoms with Crippen LogP contribution >= 0.6 is 0 Å². The Labute approximate surface area is 114 Å². The van der Waals surface area contributed by atoms with Crippen LogP contribution in [-0.2, 0) is 20.9 Å². The Kier molecular flexibility index (Phi) is 4.87. The van der Waals surface area contributed by atoms with E-state index in [2.05, 4.69) is 0 Å². The van der Waals surface area contributed by atoms with Gasteiger partial charge in [0.2, 0.25) is 10.0 Å². The van der Waals surface area contributed by atoms with Crippen molar-refractivity contribution in [2.45, 2.75) is 19.2 Å². The van der Waals surface area contributed by atoms with Crippen LogP contribution in [0.1, 0.15) is 12.5 Å². The summed E-state index contributed by atoms with van der Waals surface area (Å²) in [5.74, 6) is -1.04. The predicted molar refractivity (Wildman–Crippen MR) is 67.0 cm³/mol. The van der Waals surface area contributed by atoms with Crippen molar-refractivity contribution < 1.29 is 31.4 Å². The summed E-state index contributed by atoms with van der Waals surface area (Å²) in [4.78, 5) is 0. The number of phenolic OH excluding ortho intramolecular Hbond substituents is 1. The van der Waals surface area contributed by atoms with E-state index in [1.54, 1.807) is 0 Å². The lowest BCUT2D eigenvalue weighted by Gasteiger charge is -2.14. The summed E-state index contributed by atoms with van der Waals surface area (Å²) in [5, 5.41) is 9.43. The third-order valence-electron chi connectivity index (χ3n) is 2.45. The number of halogens is 3. The minimum Gasteiger partial charge on any atom is -0.506 e. The van der Waals surface area contributed by atoms with Crippen molar-refractivity contribution in [1.29, 1.82) is 0 Å². The summed E-state index contributed by atoms with van der Waals surface area (Å²) in [5.41, 5.74) is -1.59. The van der Waals surface area contributed by atoms with Crippen LogP contribution in [0.2, 0.25) is 0 Å². The number of rotatable bonds is 5. The van der Waals surface area contributed by atoms with Crippen molar-refractivity contribution in [3.8, 4) is 5.75 Å². The van der Waals surface area contributed by atoms with Gasteiger partial charge in [0.1, 0.15) is 5.75 Å². The van der Waals surface area contributed by atoms with Gasteiger partial charge >= 0.3 is 6.18 Å². The first kappa shape index (κ1) is 16.6. The number of nitrogens with one attached hydrogen (secondary N) is 1. The predicted octanol–water partition coefficient (Wildman–Crippen LogP) is 2.19. The summed E-state index contributed by atoms with van der Waals surface area (Å²) < 4.78 is 67.6. The number of sulfonamides is 1. The monoisotopic (exact) mass is 313 g/mol. The maximum absolute atomic E-state index is 12.5. The van der Waals surface area contributed by atoms with Crippen molar-refractivity contribution in [2.24, 2.45) is 0 Å². The first-order chi connectivity index (χ1) is 9.05. The number of benzene rings is 1. The number of ether oxygens (including phenoxy) is 1. The third kappa shape index (κ3) is 4.57. The van der Waals surface area contributed by atoms with Crippen LogP contribution in [0.15, 0.2) is 18.2 Å². The largest absolute Gasteiger partial charge is 0.506 e. The van der Waals surface area contributed by atoms with Gasteiger partial charge in [-0.2, -0.15) is 13.2 Å². The van der Waals surface area contributed by atoms with E-state index in [0.717, 1.165) is 6.07 Å². The molecule has 0 fully saturated rings. The van der Waals surface area contributed by atoms with Gasteiger partial charge in [-0.05, 0) is 25.1 Å². The fourth-order valence-corrected chi connectivity index (χ4v) is 2.72. The molecule has 20 heavy (non-hydrogen) atoms. The summed E-state index contributed by atoms with van der Waals surface area (Å²) >= 11 is 0. The summed E-state index contributed by atoms with van der Waals surface area (Å²) in [7, 11) is -2.63.